The van der Waals surface area contributed by atoms with Crippen molar-refractivity contribution >= 4 is 17.5 Å². The third-order valence-electron chi connectivity index (χ3n) is 4.05. The molecule has 0 aliphatic heterocycles. The maximum atomic E-state index is 13.9. The predicted octanol–water partition coefficient (Wildman–Crippen LogP) is 5.08. The van der Waals surface area contributed by atoms with Crippen LogP contribution in [0, 0.1) is 12.7 Å². The van der Waals surface area contributed by atoms with Crippen molar-refractivity contribution in [2.45, 2.75) is 33.4 Å². The lowest BCUT2D eigenvalue weighted by Crippen LogP contribution is -2.32. The highest BCUT2D eigenvalue weighted by atomic mass is 19.1. The monoisotopic (exact) mass is 350 g/mol. The van der Waals surface area contributed by atoms with Crippen LogP contribution in [0.5, 0.6) is 0 Å². The molecule has 0 amide bonds. The Morgan fingerprint density at radius 3 is 2.38 bits per heavy atom. The molecule has 0 fully saturated rings. The molecule has 0 saturated carbocycles. The van der Waals surface area contributed by atoms with Crippen LogP contribution >= 0.6 is 0 Å². The molecule has 0 spiro atoms. The van der Waals surface area contributed by atoms with Gasteiger partial charge in [0, 0.05) is 24.3 Å². The number of benzene rings is 2. The van der Waals surface area contributed by atoms with Gasteiger partial charge >= 0.3 is 0 Å². The van der Waals surface area contributed by atoms with Crippen LogP contribution in [0.1, 0.15) is 25.1 Å². The third kappa shape index (κ3) is 4.36. The maximum absolute atomic E-state index is 13.9. The number of hydrogen-bond acceptors (Lipinski definition) is 4. The molecule has 0 atom stereocenters. The van der Waals surface area contributed by atoms with Gasteiger partial charge in [-0.05, 0) is 38.5 Å². The summed E-state index contributed by atoms with van der Waals surface area (Å²) < 4.78 is 13.9. The van der Waals surface area contributed by atoms with Gasteiger partial charge in [-0.3, -0.25) is 0 Å². The molecule has 1 heterocycles. The van der Waals surface area contributed by atoms with E-state index in [2.05, 4.69) is 46.2 Å². The second kappa shape index (κ2) is 7.95. The Hall–Kier alpha value is -2.95. The van der Waals surface area contributed by atoms with Crippen LogP contribution in [-0.2, 0) is 6.54 Å². The Bertz CT molecular complexity index is 865. The van der Waals surface area contributed by atoms with Gasteiger partial charge in [-0.1, -0.05) is 42.5 Å². The molecule has 1 N–H and O–H groups in total. The van der Waals surface area contributed by atoms with E-state index in [1.54, 1.807) is 18.2 Å². The molecule has 2 aromatic carbocycles. The Labute approximate surface area is 153 Å². The molecule has 0 saturated heterocycles. The smallest absolute Gasteiger partial charge is 0.228 e. The number of nitrogens with zero attached hydrogens (tertiary/aromatic N) is 3. The lowest BCUT2D eigenvalue weighted by Gasteiger charge is -2.27. The van der Waals surface area contributed by atoms with E-state index >= 15 is 0 Å². The van der Waals surface area contributed by atoms with E-state index < -0.39 is 0 Å². The molecule has 0 radical (unpaired) electrons. The van der Waals surface area contributed by atoms with E-state index in [0.717, 1.165) is 5.69 Å². The molecule has 0 bridgehead atoms. The number of aryl methyl sites for hydroxylation is 1. The lowest BCUT2D eigenvalue weighted by atomic mass is 10.2. The molecular weight excluding hydrogens is 327 g/mol. The summed E-state index contributed by atoms with van der Waals surface area (Å²) >= 11 is 0. The molecule has 1 aromatic heterocycles. The van der Waals surface area contributed by atoms with Crippen LogP contribution in [0.2, 0.25) is 0 Å². The number of rotatable bonds is 6. The first-order valence-electron chi connectivity index (χ1n) is 8.71. The number of halogens is 1. The summed E-state index contributed by atoms with van der Waals surface area (Å²) in [6.45, 7) is 6.84. The number of nitrogens with one attached hydrogen (secondary N) is 1. The highest BCUT2D eigenvalue weighted by Crippen LogP contribution is 2.22. The van der Waals surface area contributed by atoms with Gasteiger partial charge in [0.05, 0.1) is 5.69 Å². The Morgan fingerprint density at radius 2 is 1.69 bits per heavy atom. The van der Waals surface area contributed by atoms with E-state index in [0.29, 0.717) is 24.0 Å². The number of aromatic nitrogens is 2. The minimum atomic E-state index is -0.310. The van der Waals surface area contributed by atoms with E-state index in [9.17, 15) is 4.39 Å². The summed E-state index contributed by atoms with van der Waals surface area (Å²) in [7, 11) is 0. The molecule has 3 aromatic rings. The second-order valence-electron chi connectivity index (χ2n) is 6.51. The highest BCUT2D eigenvalue weighted by molar-refractivity contribution is 5.58. The van der Waals surface area contributed by atoms with Crippen molar-refractivity contribution in [3.8, 4) is 0 Å². The Kier molecular flexibility index (Phi) is 5.46. The van der Waals surface area contributed by atoms with Crippen molar-refractivity contribution in [2.75, 3.05) is 10.2 Å². The average Bonchev–Trinajstić information content (AvgIpc) is 2.62. The number of para-hydroxylation sites is 1. The Balaban J connectivity index is 1.90. The molecule has 4 nitrogen and oxygen atoms in total. The molecule has 26 heavy (non-hydrogen) atoms. The fourth-order valence-corrected chi connectivity index (χ4v) is 2.71. The van der Waals surface area contributed by atoms with Crippen LogP contribution in [-0.4, -0.2) is 16.0 Å². The SMILES string of the molecule is Cc1cc(Nc2ccccc2F)nc(N(Cc2ccccc2)C(C)C)n1. The summed E-state index contributed by atoms with van der Waals surface area (Å²) in [5.41, 5.74) is 2.41. The van der Waals surface area contributed by atoms with Gasteiger partial charge in [-0.25, -0.2) is 9.37 Å². The second-order valence-corrected chi connectivity index (χ2v) is 6.51. The van der Waals surface area contributed by atoms with Crippen LogP contribution in [0.3, 0.4) is 0 Å². The van der Waals surface area contributed by atoms with E-state index in [-0.39, 0.29) is 11.9 Å². The van der Waals surface area contributed by atoms with E-state index in [1.807, 2.05) is 31.2 Å². The van der Waals surface area contributed by atoms with Gasteiger partial charge in [0.1, 0.15) is 11.6 Å². The van der Waals surface area contributed by atoms with Crippen molar-refractivity contribution < 1.29 is 4.39 Å². The lowest BCUT2D eigenvalue weighted by molar-refractivity contribution is 0.631. The van der Waals surface area contributed by atoms with Crippen molar-refractivity contribution in [3.63, 3.8) is 0 Å². The average molecular weight is 350 g/mol. The molecule has 3 rings (SSSR count). The minimum absolute atomic E-state index is 0.221. The largest absolute Gasteiger partial charge is 0.338 e. The molecule has 5 heteroatoms. The fourth-order valence-electron chi connectivity index (χ4n) is 2.71. The van der Waals surface area contributed by atoms with Crippen LogP contribution in [0.25, 0.3) is 0 Å². The standard InChI is InChI=1S/C21H23FN4/c1-15(2)26(14-17-9-5-4-6-10-17)21-23-16(3)13-20(25-21)24-19-12-8-7-11-18(19)22/h4-13,15H,14H2,1-3H3,(H,23,24,25). The van der Waals surface area contributed by atoms with Crippen LogP contribution in [0.4, 0.5) is 21.8 Å². The van der Waals surface area contributed by atoms with Gasteiger partial charge in [0.25, 0.3) is 0 Å². The number of hydrogen-bond donors (Lipinski definition) is 1. The zero-order chi connectivity index (χ0) is 18.5. The summed E-state index contributed by atoms with van der Waals surface area (Å²) in [4.78, 5) is 11.4. The summed E-state index contributed by atoms with van der Waals surface area (Å²) in [5.74, 6) is 0.898. The zero-order valence-electron chi connectivity index (χ0n) is 15.3. The summed E-state index contributed by atoms with van der Waals surface area (Å²) in [6, 6.07) is 18.8. The first-order valence-corrected chi connectivity index (χ1v) is 8.71. The third-order valence-corrected chi connectivity index (χ3v) is 4.05. The van der Waals surface area contributed by atoms with E-state index in [4.69, 9.17) is 0 Å². The molecule has 0 aliphatic carbocycles. The minimum Gasteiger partial charge on any atom is -0.338 e. The van der Waals surface area contributed by atoms with Gasteiger partial charge in [0.2, 0.25) is 5.95 Å². The van der Waals surface area contributed by atoms with Crippen molar-refractivity contribution in [1.82, 2.24) is 9.97 Å². The van der Waals surface area contributed by atoms with Crippen molar-refractivity contribution in [2.24, 2.45) is 0 Å². The van der Waals surface area contributed by atoms with Crippen molar-refractivity contribution in [1.29, 1.82) is 0 Å². The maximum Gasteiger partial charge on any atom is 0.228 e. The first-order chi connectivity index (χ1) is 12.5. The van der Waals surface area contributed by atoms with Crippen molar-refractivity contribution in [3.05, 3.63) is 77.7 Å². The molecule has 134 valence electrons. The van der Waals surface area contributed by atoms with E-state index in [1.165, 1.54) is 11.6 Å². The van der Waals surface area contributed by atoms with Gasteiger partial charge in [-0.15, -0.1) is 0 Å². The van der Waals surface area contributed by atoms with Gasteiger partial charge < -0.3 is 10.2 Å². The number of anilines is 3. The van der Waals surface area contributed by atoms with Gasteiger partial charge in [0.15, 0.2) is 0 Å². The fraction of sp³-hybridized carbons (Fsp3) is 0.238. The summed E-state index contributed by atoms with van der Waals surface area (Å²) in [6.07, 6.45) is 0. The normalized spacial score (nSPS) is 10.8. The molecule has 0 unspecified atom stereocenters. The summed E-state index contributed by atoms with van der Waals surface area (Å²) in [5, 5.41) is 3.06. The molecular formula is C21H23FN4. The quantitative estimate of drug-likeness (QED) is 0.673. The van der Waals surface area contributed by atoms with Gasteiger partial charge in [-0.2, -0.15) is 4.98 Å². The zero-order valence-corrected chi connectivity index (χ0v) is 15.3. The topological polar surface area (TPSA) is 41.1 Å². The molecule has 0 aliphatic rings. The van der Waals surface area contributed by atoms with Crippen LogP contribution < -0.4 is 10.2 Å². The Morgan fingerprint density at radius 1 is 1.00 bits per heavy atom. The predicted molar refractivity (Wildman–Crippen MR) is 104 cm³/mol. The first kappa shape index (κ1) is 17.9. The van der Waals surface area contributed by atoms with Crippen LogP contribution in [0.15, 0.2) is 60.7 Å². The highest BCUT2D eigenvalue weighted by Gasteiger charge is 2.16.